The van der Waals surface area contributed by atoms with Crippen LogP contribution >= 0.6 is 11.3 Å². The van der Waals surface area contributed by atoms with Crippen molar-refractivity contribution in [3.8, 4) is 0 Å². The van der Waals surface area contributed by atoms with Crippen molar-refractivity contribution in [2.24, 2.45) is 11.7 Å². The number of rotatable bonds is 2. The van der Waals surface area contributed by atoms with Gasteiger partial charge in [0.1, 0.15) is 0 Å². The molecule has 0 aromatic carbocycles. The molecule has 0 spiro atoms. The third-order valence-corrected chi connectivity index (χ3v) is 5.12. The number of nitrogens with two attached hydrogens (primary N) is 1. The van der Waals surface area contributed by atoms with Crippen molar-refractivity contribution in [2.75, 3.05) is 0 Å². The SMILES string of the molecule is CC(C)(C)c1csc(CC2(N)CCC(C(F)(F)F)CC2)n1. The molecule has 0 atom stereocenters. The number of hydrogen-bond acceptors (Lipinski definition) is 3. The van der Waals surface area contributed by atoms with Crippen LogP contribution < -0.4 is 5.73 Å². The smallest absolute Gasteiger partial charge is 0.325 e. The number of alkyl halides is 3. The van der Waals surface area contributed by atoms with Gasteiger partial charge < -0.3 is 5.73 Å². The van der Waals surface area contributed by atoms with Gasteiger partial charge in [-0.3, -0.25) is 0 Å². The summed E-state index contributed by atoms with van der Waals surface area (Å²) in [6.45, 7) is 6.29. The van der Waals surface area contributed by atoms with Gasteiger partial charge in [-0.05, 0) is 25.7 Å². The largest absolute Gasteiger partial charge is 0.391 e. The zero-order valence-corrected chi connectivity index (χ0v) is 13.6. The van der Waals surface area contributed by atoms with Gasteiger partial charge in [0, 0.05) is 22.8 Å². The van der Waals surface area contributed by atoms with E-state index in [0.29, 0.717) is 19.3 Å². The molecule has 1 saturated carbocycles. The molecule has 1 fully saturated rings. The average molecular weight is 320 g/mol. The molecule has 120 valence electrons. The predicted octanol–water partition coefficient (Wildman–Crippen LogP) is 4.43. The lowest BCUT2D eigenvalue weighted by Crippen LogP contribution is -2.47. The highest BCUT2D eigenvalue weighted by atomic mass is 32.1. The molecule has 0 amide bonds. The Kier molecular flexibility index (Phi) is 4.42. The van der Waals surface area contributed by atoms with Crippen LogP contribution in [0.3, 0.4) is 0 Å². The minimum atomic E-state index is -4.08. The zero-order chi connectivity index (χ0) is 15.9. The van der Waals surface area contributed by atoms with Crippen LogP contribution in [0.4, 0.5) is 13.2 Å². The second-order valence-corrected chi connectivity index (χ2v) is 8.17. The molecule has 1 aliphatic rings. The molecule has 0 saturated heterocycles. The second-order valence-electron chi connectivity index (χ2n) is 7.23. The summed E-state index contributed by atoms with van der Waals surface area (Å²) in [6.07, 6.45) is -2.39. The number of halogens is 3. The van der Waals surface area contributed by atoms with Crippen molar-refractivity contribution in [3.63, 3.8) is 0 Å². The fourth-order valence-corrected chi connectivity index (χ4v) is 3.91. The van der Waals surface area contributed by atoms with Gasteiger partial charge in [-0.2, -0.15) is 13.2 Å². The molecule has 0 unspecified atom stereocenters. The lowest BCUT2D eigenvalue weighted by atomic mass is 9.75. The molecule has 2 rings (SSSR count). The van der Waals surface area contributed by atoms with Crippen LogP contribution in [0, 0.1) is 5.92 Å². The lowest BCUT2D eigenvalue weighted by molar-refractivity contribution is -0.184. The van der Waals surface area contributed by atoms with E-state index in [-0.39, 0.29) is 18.3 Å². The number of thiazole rings is 1. The molecular weight excluding hydrogens is 297 g/mol. The Labute approximate surface area is 128 Å². The second kappa shape index (κ2) is 5.54. The van der Waals surface area contributed by atoms with Crippen LogP contribution in [0.1, 0.15) is 57.2 Å². The predicted molar refractivity (Wildman–Crippen MR) is 79.4 cm³/mol. The van der Waals surface area contributed by atoms with E-state index in [0.717, 1.165) is 10.7 Å². The van der Waals surface area contributed by atoms with Crippen LogP contribution in [-0.2, 0) is 11.8 Å². The standard InChI is InChI=1S/C15H23F3N2S/c1-13(2,3)11-9-21-12(20-11)8-14(19)6-4-10(5-7-14)15(16,17)18/h9-10H,4-8,19H2,1-3H3. The maximum atomic E-state index is 12.7. The number of aromatic nitrogens is 1. The summed E-state index contributed by atoms with van der Waals surface area (Å²) in [4.78, 5) is 4.60. The molecule has 21 heavy (non-hydrogen) atoms. The highest BCUT2D eigenvalue weighted by Gasteiger charge is 2.44. The summed E-state index contributed by atoms with van der Waals surface area (Å²) in [5, 5.41) is 2.97. The van der Waals surface area contributed by atoms with Crippen LogP contribution in [0.15, 0.2) is 5.38 Å². The maximum Gasteiger partial charge on any atom is 0.391 e. The molecular formula is C15H23F3N2S. The topological polar surface area (TPSA) is 38.9 Å². The van der Waals surface area contributed by atoms with Crippen LogP contribution in [0.25, 0.3) is 0 Å². The van der Waals surface area contributed by atoms with Gasteiger partial charge >= 0.3 is 6.18 Å². The quantitative estimate of drug-likeness (QED) is 0.875. The number of hydrogen-bond donors (Lipinski definition) is 1. The van der Waals surface area contributed by atoms with Crippen molar-refractivity contribution in [3.05, 3.63) is 16.1 Å². The maximum absolute atomic E-state index is 12.7. The molecule has 6 heteroatoms. The first-order valence-corrected chi connectivity index (χ1v) is 8.18. The van der Waals surface area contributed by atoms with Crippen molar-refractivity contribution in [2.45, 2.75) is 70.0 Å². The van der Waals surface area contributed by atoms with E-state index in [1.807, 2.05) is 5.38 Å². The fourth-order valence-electron chi connectivity index (χ4n) is 2.73. The molecule has 1 heterocycles. The fraction of sp³-hybridized carbons (Fsp3) is 0.800. The third-order valence-electron chi connectivity index (χ3n) is 4.27. The molecule has 0 aliphatic heterocycles. The van der Waals surface area contributed by atoms with E-state index in [1.54, 1.807) is 11.3 Å². The Morgan fingerprint density at radius 3 is 2.29 bits per heavy atom. The van der Waals surface area contributed by atoms with E-state index >= 15 is 0 Å². The van der Waals surface area contributed by atoms with Gasteiger partial charge in [0.2, 0.25) is 0 Å². The van der Waals surface area contributed by atoms with E-state index in [2.05, 4.69) is 25.8 Å². The minimum absolute atomic E-state index is 0.00947. The normalized spacial score (nSPS) is 27.9. The van der Waals surface area contributed by atoms with Crippen molar-refractivity contribution in [1.29, 1.82) is 0 Å². The van der Waals surface area contributed by atoms with E-state index in [1.165, 1.54) is 0 Å². The zero-order valence-electron chi connectivity index (χ0n) is 12.8. The summed E-state index contributed by atoms with van der Waals surface area (Å²) >= 11 is 1.56. The molecule has 0 radical (unpaired) electrons. The van der Waals surface area contributed by atoms with Gasteiger partial charge in [-0.25, -0.2) is 4.98 Å². The van der Waals surface area contributed by atoms with E-state index in [9.17, 15) is 13.2 Å². The third kappa shape index (κ3) is 4.19. The Morgan fingerprint density at radius 2 is 1.86 bits per heavy atom. The molecule has 1 aromatic heterocycles. The molecule has 1 aromatic rings. The van der Waals surface area contributed by atoms with Crippen LogP contribution in [0.5, 0.6) is 0 Å². The molecule has 2 nitrogen and oxygen atoms in total. The molecule has 0 bridgehead atoms. The highest BCUT2D eigenvalue weighted by Crippen LogP contribution is 2.41. The monoisotopic (exact) mass is 320 g/mol. The highest BCUT2D eigenvalue weighted by molar-refractivity contribution is 7.09. The van der Waals surface area contributed by atoms with Gasteiger partial charge in [-0.1, -0.05) is 20.8 Å². The number of nitrogens with zero attached hydrogens (tertiary/aromatic N) is 1. The lowest BCUT2D eigenvalue weighted by Gasteiger charge is -2.37. The van der Waals surface area contributed by atoms with Crippen LogP contribution in [0.2, 0.25) is 0 Å². The van der Waals surface area contributed by atoms with Gasteiger partial charge in [0.25, 0.3) is 0 Å². The first kappa shape index (κ1) is 16.7. The van der Waals surface area contributed by atoms with Crippen molar-refractivity contribution >= 4 is 11.3 Å². The first-order chi connectivity index (χ1) is 9.50. The van der Waals surface area contributed by atoms with E-state index in [4.69, 9.17) is 5.73 Å². The van der Waals surface area contributed by atoms with Crippen molar-refractivity contribution in [1.82, 2.24) is 4.98 Å². The summed E-state index contributed by atoms with van der Waals surface area (Å²) in [6, 6.07) is 0. The summed E-state index contributed by atoms with van der Waals surface area (Å²) in [5.41, 5.74) is 6.80. The Bertz CT molecular complexity index is 480. The molecule has 1 aliphatic carbocycles. The van der Waals surface area contributed by atoms with Gasteiger partial charge in [-0.15, -0.1) is 11.3 Å². The summed E-state index contributed by atoms with van der Waals surface area (Å²) < 4.78 is 38.1. The Hall–Kier alpha value is -0.620. The van der Waals surface area contributed by atoms with Gasteiger partial charge in [0.15, 0.2) is 0 Å². The summed E-state index contributed by atoms with van der Waals surface area (Å²) in [5.74, 6) is -1.18. The summed E-state index contributed by atoms with van der Waals surface area (Å²) in [7, 11) is 0. The average Bonchev–Trinajstić information content (AvgIpc) is 2.75. The first-order valence-electron chi connectivity index (χ1n) is 7.30. The van der Waals surface area contributed by atoms with Crippen molar-refractivity contribution < 1.29 is 13.2 Å². The van der Waals surface area contributed by atoms with E-state index < -0.39 is 17.6 Å². The van der Waals surface area contributed by atoms with Crippen LogP contribution in [-0.4, -0.2) is 16.7 Å². The Balaban J connectivity index is 1.99. The Morgan fingerprint density at radius 1 is 1.29 bits per heavy atom. The van der Waals surface area contributed by atoms with Gasteiger partial charge in [0.05, 0.1) is 16.6 Å². The minimum Gasteiger partial charge on any atom is -0.325 e. The molecule has 2 N–H and O–H groups in total.